The monoisotopic (exact) mass is 391 g/mol. The summed E-state index contributed by atoms with van der Waals surface area (Å²) in [5.74, 6) is 0.0351. The van der Waals surface area contributed by atoms with Gasteiger partial charge in [0.15, 0.2) is 0 Å². The Kier molecular flexibility index (Phi) is 6.01. The average Bonchev–Trinajstić information content (AvgIpc) is 2.51. The summed E-state index contributed by atoms with van der Waals surface area (Å²) in [6, 6.07) is 3.53. The molecule has 0 unspecified atom stereocenters. The summed E-state index contributed by atoms with van der Waals surface area (Å²) < 4.78 is 33.8. The van der Waals surface area contributed by atoms with E-state index in [2.05, 4.69) is 14.7 Å². The molecule has 27 heavy (non-hydrogen) atoms. The number of hydrogen-bond donors (Lipinski definition) is 1. The standard InChI is InChI=1S/C19H25N3O4S/c1-12(23)9-15-10-14(7-8-20-15)16-11-21-18(26-6)17(13(16)2)27(24,25)22-19(3,4)5/h7-8,10-11,22H,9H2,1-6H3. The molecule has 0 saturated carbocycles. The third-order valence-corrected chi connectivity index (χ3v) is 5.61. The maximum atomic E-state index is 13.0. The summed E-state index contributed by atoms with van der Waals surface area (Å²) >= 11 is 0. The molecule has 2 aromatic rings. The zero-order valence-electron chi connectivity index (χ0n) is 16.5. The fourth-order valence-electron chi connectivity index (χ4n) is 2.77. The number of carbonyl (C=O) groups excluding carboxylic acids is 1. The van der Waals surface area contributed by atoms with Gasteiger partial charge < -0.3 is 4.74 Å². The van der Waals surface area contributed by atoms with Gasteiger partial charge in [-0.1, -0.05) is 0 Å². The van der Waals surface area contributed by atoms with E-state index in [1.807, 2.05) is 0 Å². The van der Waals surface area contributed by atoms with Gasteiger partial charge in [-0.05, 0) is 57.9 Å². The molecule has 0 bridgehead atoms. The van der Waals surface area contributed by atoms with Gasteiger partial charge in [0.1, 0.15) is 10.7 Å². The minimum Gasteiger partial charge on any atom is -0.480 e. The van der Waals surface area contributed by atoms with Gasteiger partial charge >= 0.3 is 0 Å². The maximum absolute atomic E-state index is 13.0. The molecular weight excluding hydrogens is 366 g/mol. The molecule has 0 radical (unpaired) electrons. The van der Waals surface area contributed by atoms with Gasteiger partial charge in [-0.3, -0.25) is 9.78 Å². The number of hydrogen-bond acceptors (Lipinski definition) is 6. The lowest BCUT2D eigenvalue weighted by Gasteiger charge is -2.22. The number of carbonyl (C=O) groups is 1. The Morgan fingerprint density at radius 1 is 1.26 bits per heavy atom. The first-order chi connectivity index (χ1) is 12.4. The van der Waals surface area contributed by atoms with Crippen molar-refractivity contribution in [1.82, 2.24) is 14.7 Å². The van der Waals surface area contributed by atoms with Crippen molar-refractivity contribution in [2.24, 2.45) is 0 Å². The van der Waals surface area contributed by atoms with Crippen molar-refractivity contribution in [1.29, 1.82) is 0 Å². The van der Waals surface area contributed by atoms with Crippen LogP contribution in [0.1, 0.15) is 39.0 Å². The molecule has 7 nitrogen and oxygen atoms in total. The Balaban J connectivity index is 2.64. The first kappa shape index (κ1) is 21.0. The summed E-state index contributed by atoms with van der Waals surface area (Å²) in [6.45, 7) is 8.50. The molecule has 0 saturated heterocycles. The Hall–Kier alpha value is -2.32. The Morgan fingerprint density at radius 3 is 2.48 bits per heavy atom. The van der Waals surface area contributed by atoms with Crippen LogP contribution in [-0.4, -0.2) is 36.8 Å². The molecule has 0 aliphatic carbocycles. The highest BCUT2D eigenvalue weighted by Crippen LogP contribution is 2.33. The van der Waals surface area contributed by atoms with Crippen LogP contribution in [-0.2, 0) is 21.2 Å². The molecule has 0 amide bonds. The van der Waals surface area contributed by atoms with Crippen LogP contribution in [0.3, 0.4) is 0 Å². The maximum Gasteiger partial charge on any atom is 0.246 e. The third kappa shape index (κ3) is 5.11. The van der Waals surface area contributed by atoms with Gasteiger partial charge in [0.25, 0.3) is 0 Å². The van der Waals surface area contributed by atoms with Crippen molar-refractivity contribution in [2.45, 2.75) is 51.5 Å². The van der Waals surface area contributed by atoms with Crippen molar-refractivity contribution in [3.8, 4) is 17.0 Å². The first-order valence-corrected chi connectivity index (χ1v) is 9.95. The number of ether oxygens (including phenoxy) is 1. The Labute approximate surface area is 160 Å². The second-order valence-corrected chi connectivity index (χ2v) is 9.02. The largest absolute Gasteiger partial charge is 0.480 e. The number of methoxy groups -OCH3 is 1. The molecule has 0 aromatic carbocycles. The van der Waals surface area contributed by atoms with Gasteiger partial charge in [-0.15, -0.1) is 0 Å². The second-order valence-electron chi connectivity index (χ2n) is 7.41. The zero-order valence-corrected chi connectivity index (χ0v) is 17.3. The van der Waals surface area contributed by atoms with E-state index in [1.54, 1.807) is 52.2 Å². The van der Waals surface area contributed by atoms with Gasteiger partial charge in [-0.25, -0.2) is 18.1 Å². The number of nitrogens with zero attached hydrogens (tertiary/aromatic N) is 2. The van der Waals surface area contributed by atoms with Crippen molar-refractivity contribution >= 4 is 15.8 Å². The lowest BCUT2D eigenvalue weighted by molar-refractivity contribution is -0.116. The van der Waals surface area contributed by atoms with E-state index < -0.39 is 15.6 Å². The number of rotatable bonds is 6. The molecule has 2 aromatic heterocycles. The van der Waals surface area contributed by atoms with Crippen molar-refractivity contribution in [2.75, 3.05) is 7.11 Å². The lowest BCUT2D eigenvalue weighted by Crippen LogP contribution is -2.41. The van der Waals surface area contributed by atoms with Crippen LogP contribution in [0.25, 0.3) is 11.1 Å². The molecule has 0 aliphatic heterocycles. The van der Waals surface area contributed by atoms with E-state index in [0.717, 1.165) is 5.56 Å². The van der Waals surface area contributed by atoms with E-state index in [0.29, 0.717) is 16.8 Å². The number of ketones is 1. The van der Waals surface area contributed by atoms with E-state index in [-0.39, 0.29) is 23.0 Å². The highest BCUT2D eigenvalue weighted by Gasteiger charge is 2.29. The van der Waals surface area contributed by atoms with Crippen molar-refractivity contribution in [3.63, 3.8) is 0 Å². The predicted octanol–water partition coefficient (Wildman–Crippen LogP) is 2.67. The number of pyridine rings is 2. The summed E-state index contributed by atoms with van der Waals surface area (Å²) in [5, 5.41) is 0. The second kappa shape index (κ2) is 7.74. The number of aromatic nitrogens is 2. The van der Waals surface area contributed by atoms with Crippen LogP contribution in [0.15, 0.2) is 29.4 Å². The van der Waals surface area contributed by atoms with Gasteiger partial charge in [0, 0.05) is 35.6 Å². The van der Waals surface area contributed by atoms with Crippen LogP contribution >= 0.6 is 0 Å². The zero-order chi connectivity index (χ0) is 20.4. The highest BCUT2D eigenvalue weighted by atomic mass is 32.2. The Bertz CT molecular complexity index is 963. The molecule has 2 rings (SSSR count). The molecule has 146 valence electrons. The fraction of sp³-hybridized carbons (Fsp3) is 0.421. The fourth-order valence-corrected chi connectivity index (χ4v) is 4.55. The molecule has 8 heteroatoms. The topological polar surface area (TPSA) is 98.2 Å². The van der Waals surface area contributed by atoms with Gasteiger partial charge in [0.05, 0.1) is 7.11 Å². The van der Waals surface area contributed by atoms with E-state index in [1.165, 1.54) is 14.0 Å². The van der Waals surface area contributed by atoms with Crippen LogP contribution < -0.4 is 9.46 Å². The van der Waals surface area contributed by atoms with Crippen LogP contribution in [0, 0.1) is 6.92 Å². The molecule has 0 spiro atoms. The van der Waals surface area contributed by atoms with Crippen molar-refractivity contribution < 1.29 is 17.9 Å². The summed E-state index contributed by atoms with van der Waals surface area (Å²) in [7, 11) is -2.47. The van der Waals surface area contributed by atoms with E-state index in [4.69, 9.17) is 4.74 Å². The molecule has 0 aliphatic rings. The van der Waals surface area contributed by atoms with Crippen LogP contribution in [0.2, 0.25) is 0 Å². The lowest BCUT2D eigenvalue weighted by atomic mass is 10.0. The van der Waals surface area contributed by atoms with Crippen LogP contribution in [0.4, 0.5) is 0 Å². The third-order valence-electron chi connectivity index (χ3n) is 3.71. The van der Waals surface area contributed by atoms with Gasteiger partial charge in [-0.2, -0.15) is 0 Å². The van der Waals surface area contributed by atoms with Crippen LogP contribution in [0.5, 0.6) is 5.88 Å². The summed E-state index contributed by atoms with van der Waals surface area (Å²) in [5.41, 5.74) is 1.85. The summed E-state index contributed by atoms with van der Waals surface area (Å²) in [4.78, 5) is 19.8. The molecular formula is C19H25N3O4S. The smallest absolute Gasteiger partial charge is 0.246 e. The van der Waals surface area contributed by atoms with E-state index in [9.17, 15) is 13.2 Å². The first-order valence-electron chi connectivity index (χ1n) is 8.47. The Morgan fingerprint density at radius 2 is 1.93 bits per heavy atom. The molecule has 2 heterocycles. The molecule has 0 atom stereocenters. The predicted molar refractivity (Wildman–Crippen MR) is 103 cm³/mol. The number of sulfonamides is 1. The quantitative estimate of drug-likeness (QED) is 0.813. The SMILES string of the molecule is COc1ncc(-c2ccnc(CC(C)=O)c2)c(C)c1S(=O)(=O)NC(C)(C)C. The number of Topliss-reactive ketones (excluding diaryl/α,β-unsaturated/α-hetero) is 1. The van der Waals surface area contributed by atoms with E-state index >= 15 is 0 Å². The van der Waals surface area contributed by atoms with Gasteiger partial charge in [0.2, 0.25) is 15.9 Å². The average molecular weight is 391 g/mol. The molecule has 1 N–H and O–H groups in total. The normalized spacial score (nSPS) is 12.1. The van der Waals surface area contributed by atoms with Crippen molar-refractivity contribution in [3.05, 3.63) is 35.8 Å². The minimum absolute atomic E-state index is 0.00173. The summed E-state index contributed by atoms with van der Waals surface area (Å²) in [6.07, 6.45) is 3.38. The minimum atomic E-state index is -3.86. The highest BCUT2D eigenvalue weighted by molar-refractivity contribution is 7.89. The number of nitrogens with one attached hydrogen (secondary N) is 1. The molecule has 0 fully saturated rings.